The molecule has 1 fully saturated rings. The van der Waals surface area contributed by atoms with Crippen LogP contribution in [0.25, 0.3) is 0 Å². The molecule has 3 N–H and O–H groups in total. The van der Waals surface area contributed by atoms with E-state index in [0.717, 1.165) is 24.2 Å². The van der Waals surface area contributed by atoms with Crippen molar-refractivity contribution in [3.8, 4) is 0 Å². The number of aryl methyl sites for hydroxylation is 1. The van der Waals surface area contributed by atoms with E-state index in [4.69, 9.17) is 0 Å². The highest BCUT2D eigenvalue weighted by Gasteiger charge is 2.26. The van der Waals surface area contributed by atoms with E-state index in [0.29, 0.717) is 19.5 Å². The lowest BCUT2D eigenvalue weighted by molar-refractivity contribution is -0.142. The molecule has 1 atom stereocenters. The summed E-state index contributed by atoms with van der Waals surface area (Å²) in [5, 5.41) is 12.4. The Morgan fingerprint density at radius 3 is 3.10 bits per heavy atom. The zero-order chi connectivity index (χ0) is 14.5. The molecule has 1 aliphatic heterocycles. The summed E-state index contributed by atoms with van der Waals surface area (Å²) < 4.78 is 0. The smallest absolute Gasteiger partial charge is 0.251 e. The van der Waals surface area contributed by atoms with E-state index in [9.17, 15) is 14.7 Å². The Kier molecular flexibility index (Phi) is 4.73. The van der Waals surface area contributed by atoms with E-state index in [-0.39, 0.29) is 18.4 Å². The minimum Gasteiger partial charge on any atom is -0.383 e. The lowest BCUT2D eigenvalue weighted by Gasteiger charge is -2.21. The monoisotopic (exact) mass is 280 g/mol. The van der Waals surface area contributed by atoms with E-state index < -0.39 is 6.10 Å². The maximum Gasteiger partial charge on any atom is 0.251 e. The molecule has 0 spiro atoms. The van der Waals surface area contributed by atoms with Gasteiger partial charge in [-0.3, -0.25) is 9.59 Å². The molecule has 20 heavy (non-hydrogen) atoms. The normalized spacial score (nSPS) is 19.8. The van der Waals surface area contributed by atoms with Crippen LogP contribution in [0.4, 0.5) is 0 Å². The van der Waals surface area contributed by atoms with Gasteiger partial charge in [0.1, 0.15) is 6.10 Å². The molecule has 2 heterocycles. The number of aromatic nitrogens is 2. The van der Waals surface area contributed by atoms with Crippen LogP contribution in [0.15, 0.2) is 6.33 Å². The number of imidazole rings is 1. The van der Waals surface area contributed by atoms with Crippen molar-refractivity contribution in [2.45, 2.75) is 38.8 Å². The molecule has 1 saturated heterocycles. The number of aliphatic hydroxyl groups excluding tert-OH is 1. The first kappa shape index (κ1) is 14.5. The second kappa shape index (κ2) is 6.51. The standard InChI is InChI=1S/C13H20N4O3/c1-9-10(16-8-15-9)6-14-12(19)7-17-5-3-2-4-11(18)13(17)20/h8,11,18H,2-7H2,1H3,(H,14,19)(H,15,16). The van der Waals surface area contributed by atoms with Crippen molar-refractivity contribution >= 4 is 11.8 Å². The third-order valence-corrected chi connectivity index (χ3v) is 3.47. The van der Waals surface area contributed by atoms with Crippen molar-refractivity contribution in [2.24, 2.45) is 0 Å². The molecule has 7 heteroatoms. The Balaban J connectivity index is 1.84. The minimum atomic E-state index is -0.973. The highest BCUT2D eigenvalue weighted by Crippen LogP contribution is 2.11. The van der Waals surface area contributed by atoms with Gasteiger partial charge in [-0.05, 0) is 26.2 Å². The Labute approximate surface area is 117 Å². The second-order valence-corrected chi connectivity index (χ2v) is 5.02. The molecule has 2 amide bonds. The number of nitrogens with zero attached hydrogens (tertiary/aromatic N) is 2. The lowest BCUT2D eigenvalue weighted by Crippen LogP contribution is -2.44. The first-order valence-corrected chi connectivity index (χ1v) is 6.80. The first-order valence-electron chi connectivity index (χ1n) is 6.80. The Morgan fingerprint density at radius 1 is 1.60 bits per heavy atom. The van der Waals surface area contributed by atoms with Crippen molar-refractivity contribution in [3.63, 3.8) is 0 Å². The fourth-order valence-electron chi connectivity index (χ4n) is 2.22. The fourth-order valence-corrected chi connectivity index (χ4v) is 2.22. The topological polar surface area (TPSA) is 98.3 Å². The van der Waals surface area contributed by atoms with Gasteiger partial charge in [0, 0.05) is 12.2 Å². The highest BCUT2D eigenvalue weighted by molar-refractivity contribution is 5.87. The molecule has 0 radical (unpaired) electrons. The quantitative estimate of drug-likeness (QED) is 0.705. The maximum absolute atomic E-state index is 11.9. The summed E-state index contributed by atoms with van der Waals surface area (Å²) in [7, 11) is 0. The van der Waals surface area contributed by atoms with Crippen LogP contribution in [0.2, 0.25) is 0 Å². The summed E-state index contributed by atoms with van der Waals surface area (Å²) in [5.41, 5.74) is 1.69. The van der Waals surface area contributed by atoms with Gasteiger partial charge in [-0.15, -0.1) is 0 Å². The molecule has 1 unspecified atom stereocenters. The summed E-state index contributed by atoms with van der Waals surface area (Å²) in [6.45, 7) is 2.71. The van der Waals surface area contributed by atoms with Crippen LogP contribution in [-0.4, -0.2) is 51.0 Å². The second-order valence-electron chi connectivity index (χ2n) is 5.02. The number of H-pyrrole nitrogens is 1. The van der Waals surface area contributed by atoms with Gasteiger partial charge in [0.05, 0.1) is 25.1 Å². The van der Waals surface area contributed by atoms with Gasteiger partial charge >= 0.3 is 0 Å². The van der Waals surface area contributed by atoms with E-state index in [1.54, 1.807) is 6.33 Å². The number of aromatic amines is 1. The number of hydrogen-bond donors (Lipinski definition) is 3. The lowest BCUT2D eigenvalue weighted by atomic mass is 10.2. The molecule has 0 aliphatic carbocycles. The minimum absolute atomic E-state index is 0.0145. The molecule has 1 aromatic heterocycles. The maximum atomic E-state index is 11.9. The molecule has 7 nitrogen and oxygen atoms in total. The van der Waals surface area contributed by atoms with Gasteiger partial charge < -0.3 is 20.3 Å². The van der Waals surface area contributed by atoms with E-state index >= 15 is 0 Å². The number of hydrogen-bond acceptors (Lipinski definition) is 4. The number of likely N-dealkylation sites (tertiary alicyclic amines) is 1. The number of carbonyl (C=O) groups is 2. The number of aliphatic hydroxyl groups is 1. The van der Waals surface area contributed by atoms with Gasteiger partial charge in [0.15, 0.2) is 0 Å². The van der Waals surface area contributed by atoms with Gasteiger partial charge in [-0.1, -0.05) is 0 Å². The van der Waals surface area contributed by atoms with Gasteiger partial charge in [0.25, 0.3) is 5.91 Å². The largest absolute Gasteiger partial charge is 0.383 e. The third kappa shape index (κ3) is 3.57. The summed E-state index contributed by atoms with van der Waals surface area (Å²) >= 11 is 0. The Morgan fingerprint density at radius 2 is 2.40 bits per heavy atom. The number of rotatable bonds is 4. The molecular weight excluding hydrogens is 260 g/mol. The average molecular weight is 280 g/mol. The summed E-state index contributed by atoms with van der Waals surface area (Å²) in [5.74, 6) is -0.594. The molecule has 0 bridgehead atoms. The van der Waals surface area contributed by atoms with E-state index in [2.05, 4.69) is 15.3 Å². The molecule has 1 aromatic rings. The Hall–Kier alpha value is -1.89. The van der Waals surface area contributed by atoms with Gasteiger partial charge in [0.2, 0.25) is 5.91 Å². The highest BCUT2D eigenvalue weighted by atomic mass is 16.3. The first-order chi connectivity index (χ1) is 9.58. The van der Waals surface area contributed by atoms with Crippen LogP contribution < -0.4 is 5.32 Å². The summed E-state index contributed by atoms with van der Waals surface area (Å²) in [6, 6.07) is 0. The Bertz CT molecular complexity index is 486. The van der Waals surface area contributed by atoms with Crippen LogP contribution in [0.5, 0.6) is 0 Å². The summed E-state index contributed by atoms with van der Waals surface area (Å²) in [6.07, 6.45) is 2.69. The van der Waals surface area contributed by atoms with Crippen LogP contribution in [-0.2, 0) is 16.1 Å². The van der Waals surface area contributed by atoms with Crippen molar-refractivity contribution in [2.75, 3.05) is 13.1 Å². The van der Waals surface area contributed by atoms with Crippen LogP contribution in [0.3, 0.4) is 0 Å². The van der Waals surface area contributed by atoms with Crippen LogP contribution in [0.1, 0.15) is 30.7 Å². The predicted molar refractivity (Wildman–Crippen MR) is 71.6 cm³/mol. The predicted octanol–water partition coefficient (Wildman–Crippen LogP) is -0.292. The molecular formula is C13H20N4O3. The van der Waals surface area contributed by atoms with Crippen LogP contribution >= 0.6 is 0 Å². The average Bonchev–Trinajstić information content (AvgIpc) is 2.77. The third-order valence-electron chi connectivity index (χ3n) is 3.47. The SMILES string of the molecule is Cc1[nH]cnc1CNC(=O)CN1CCCCC(O)C1=O. The fraction of sp³-hybridized carbons (Fsp3) is 0.615. The number of carbonyl (C=O) groups excluding carboxylic acids is 2. The zero-order valence-electron chi connectivity index (χ0n) is 11.6. The van der Waals surface area contributed by atoms with Crippen molar-refractivity contribution in [1.82, 2.24) is 20.2 Å². The number of amides is 2. The van der Waals surface area contributed by atoms with E-state index in [1.807, 2.05) is 6.92 Å². The van der Waals surface area contributed by atoms with Crippen LogP contribution in [0, 0.1) is 6.92 Å². The van der Waals surface area contributed by atoms with Crippen molar-refractivity contribution in [3.05, 3.63) is 17.7 Å². The molecule has 0 saturated carbocycles. The summed E-state index contributed by atoms with van der Waals surface area (Å²) in [4.78, 5) is 32.1. The van der Waals surface area contributed by atoms with Gasteiger partial charge in [-0.2, -0.15) is 0 Å². The number of nitrogens with one attached hydrogen (secondary N) is 2. The van der Waals surface area contributed by atoms with E-state index in [1.165, 1.54) is 4.90 Å². The molecule has 2 rings (SSSR count). The van der Waals surface area contributed by atoms with Gasteiger partial charge in [-0.25, -0.2) is 4.98 Å². The molecule has 0 aromatic carbocycles. The van der Waals surface area contributed by atoms with Crippen molar-refractivity contribution < 1.29 is 14.7 Å². The zero-order valence-corrected chi connectivity index (χ0v) is 11.6. The molecule has 110 valence electrons. The molecule has 1 aliphatic rings. The van der Waals surface area contributed by atoms with Crippen molar-refractivity contribution in [1.29, 1.82) is 0 Å².